The Morgan fingerprint density at radius 2 is 2.07 bits per heavy atom. The molecule has 3 nitrogen and oxygen atoms in total. The lowest BCUT2D eigenvalue weighted by molar-refractivity contribution is -0.114. The van der Waals surface area contributed by atoms with Gasteiger partial charge in [-0.2, -0.15) is 0 Å². The predicted octanol–water partition coefficient (Wildman–Crippen LogP) is 2.97. The van der Waals surface area contributed by atoms with Crippen molar-refractivity contribution in [3.05, 3.63) is 21.7 Å². The minimum absolute atomic E-state index is 0.0641. The summed E-state index contributed by atoms with van der Waals surface area (Å²) in [6.45, 7) is 2.99. The number of carbonyl (C=O) groups excluding carboxylic acids is 1. The topological polar surface area (TPSA) is 49.3 Å². The highest BCUT2D eigenvalue weighted by Crippen LogP contribution is 2.37. The van der Waals surface area contributed by atoms with Crippen molar-refractivity contribution in [2.24, 2.45) is 0 Å². The summed E-state index contributed by atoms with van der Waals surface area (Å²) in [5.74, 6) is -0.307. The van der Waals surface area contributed by atoms with Crippen molar-refractivity contribution in [3.63, 3.8) is 0 Å². The third-order valence-electron chi connectivity index (χ3n) is 1.73. The number of anilines is 1. The summed E-state index contributed by atoms with van der Waals surface area (Å²) in [4.78, 5) is 10.8. The van der Waals surface area contributed by atoms with Crippen molar-refractivity contribution in [2.45, 2.75) is 13.8 Å². The molecule has 0 saturated carbocycles. The van der Waals surface area contributed by atoms with E-state index in [1.807, 2.05) is 0 Å². The fourth-order valence-corrected chi connectivity index (χ4v) is 1.47. The molecular formula is C9H9Cl2NO2. The van der Waals surface area contributed by atoms with Gasteiger partial charge >= 0.3 is 0 Å². The van der Waals surface area contributed by atoms with Gasteiger partial charge in [-0.3, -0.25) is 4.79 Å². The summed E-state index contributed by atoms with van der Waals surface area (Å²) in [6.07, 6.45) is 0. The smallest absolute Gasteiger partial charge is 0.221 e. The summed E-state index contributed by atoms with van der Waals surface area (Å²) in [6, 6.07) is 1.41. The molecule has 2 N–H and O–H groups in total. The summed E-state index contributed by atoms with van der Waals surface area (Å²) in [5, 5.41) is 12.4. The molecule has 0 aliphatic carbocycles. The maximum Gasteiger partial charge on any atom is 0.221 e. The van der Waals surface area contributed by atoms with Crippen molar-refractivity contribution >= 4 is 34.8 Å². The molecule has 0 atom stereocenters. The Kier molecular flexibility index (Phi) is 3.24. The van der Waals surface area contributed by atoms with E-state index in [-0.39, 0.29) is 16.7 Å². The normalized spacial score (nSPS) is 10.0. The molecule has 0 aliphatic rings. The molecule has 0 unspecified atom stereocenters. The molecule has 0 bridgehead atoms. The number of nitrogens with one attached hydrogen (secondary N) is 1. The van der Waals surface area contributed by atoms with Gasteiger partial charge in [0.25, 0.3) is 0 Å². The van der Waals surface area contributed by atoms with Gasteiger partial charge in [0.05, 0.1) is 15.7 Å². The van der Waals surface area contributed by atoms with Gasteiger partial charge in [0.1, 0.15) is 5.75 Å². The van der Waals surface area contributed by atoms with E-state index in [9.17, 15) is 9.90 Å². The van der Waals surface area contributed by atoms with E-state index in [0.29, 0.717) is 16.3 Å². The minimum Gasteiger partial charge on any atom is -0.506 e. The number of aromatic hydroxyl groups is 1. The van der Waals surface area contributed by atoms with Gasteiger partial charge in [-0.15, -0.1) is 0 Å². The molecule has 0 radical (unpaired) electrons. The number of halogens is 2. The lowest BCUT2D eigenvalue weighted by atomic mass is 10.2. The highest BCUT2D eigenvalue weighted by atomic mass is 35.5. The van der Waals surface area contributed by atoms with Crippen LogP contribution in [0, 0.1) is 6.92 Å². The number of amides is 1. The van der Waals surface area contributed by atoms with E-state index in [1.165, 1.54) is 13.0 Å². The minimum atomic E-state index is -0.243. The number of hydrogen-bond donors (Lipinski definition) is 2. The van der Waals surface area contributed by atoms with E-state index in [1.54, 1.807) is 6.92 Å². The van der Waals surface area contributed by atoms with Gasteiger partial charge in [-0.05, 0) is 13.0 Å². The second kappa shape index (κ2) is 4.07. The van der Waals surface area contributed by atoms with Crippen LogP contribution in [0.5, 0.6) is 5.75 Å². The van der Waals surface area contributed by atoms with Crippen molar-refractivity contribution in [1.82, 2.24) is 0 Å². The van der Waals surface area contributed by atoms with Gasteiger partial charge in [0, 0.05) is 12.5 Å². The molecule has 0 saturated heterocycles. The average molecular weight is 234 g/mol. The van der Waals surface area contributed by atoms with Crippen molar-refractivity contribution in [2.75, 3.05) is 5.32 Å². The van der Waals surface area contributed by atoms with Gasteiger partial charge in [0.2, 0.25) is 5.91 Å². The molecule has 0 heterocycles. The summed E-state index contributed by atoms with van der Waals surface area (Å²) >= 11 is 11.6. The first-order chi connectivity index (χ1) is 6.43. The van der Waals surface area contributed by atoms with Crippen LogP contribution in [0.25, 0.3) is 0 Å². The molecule has 5 heteroatoms. The molecule has 1 aromatic rings. The largest absolute Gasteiger partial charge is 0.506 e. The molecule has 0 aromatic heterocycles. The van der Waals surface area contributed by atoms with Crippen LogP contribution in [-0.2, 0) is 4.79 Å². The van der Waals surface area contributed by atoms with Crippen LogP contribution in [-0.4, -0.2) is 11.0 Å². The SMILES string of the molecule is CC(=O)Nc1cc(Cl)c(O)c(C)c1Cl. The highest BCUT2D eigenvalue weighted by Gasteiger charge is 2.12. The Balaban J connectivity index is 3.25. The van der Waals surface area contributed by atoms with Crippen molar-refractivity contribution in [1.29, 1.82) is 0 Å². The number of rotatable bonds is 1. The lowest BCUT2D eigenvalue weighted by Crippen LogP contribution is -2.06. The summed E-state index contributed by atoms with van der Waals surface area (Å²) in [7, 11) is 0. The highest BCUT2D eigenvalue weighted by molar-refractivity contribution is 6.37. The number of phenolic OH excluding ortho intramolecular Hbond substituents is 1. The van der Waals surface area contributed by atoms with Crippen LogP contribution in [0.3, 0.4) is 0 Å². The van der Waals surface area contributed by atoms with Crippen molar-refractivity contribution in [3.8, 4) is 5.75 Å². The molecule has 1 amide bonds. The second-order valence-corrected chi connectivity index (χ2v) is 3.66. The molecule has 1 aromatic carbocycles. The fourth-order valence-electron chi connectivity index (χ4n) is 1.02. The van der Waals surface area contributed by atoms with Gasteiger partial charge < -0.3 is 10.4 Å². The zero-order valence-corrected chi connectivity index (χ0v) is 9.20. The quantitative estimate of drug-likeness (QED) is 0.734. The van der Waals surface area contributed by atoms with Crippen LogP contribution in [0.1, 0.15) is 12.5 Å². The van der Waals surface area contributed by atoms with Gasteiger partial charge in [-0.1, -0.05) is 23.2 Å². The zero-order valence-electron chi connectivity index (χ0n) is 7.69. The third kappa shape index (κ3) is 2.11. The number of hydrogen-bond acceptors (Lipinski definition) is 2. The summed E-state index contributed by atoms with van der Waals surface area (Å²) in [5.41, 5.74) is 0.849. The van der Waals surface area contributed by atoms with Crippen molar-refractivity contribution < 1.29 is 9.90 Å². The van der Waals surface area contributed by atoms with E-state index >= 15 is 0 Å². The Bertz CT molecular complexity index is 391. The fraction of sp³-hybridized carbons (Fsp3) is 0.222. The molecule has 14 heavy (non-hydrogen) atoms. The van der Waals surface area contributed by atoms with Crippen LogP contribution in [0.4, 0.5) is 5.69 Å². The average Bonchev–Trinajstić information content (AvgIpc) is 2.10. The van der Waals surface area contributed by atoms with Crippen LogP contribution >= 0.6 is 23.2 Å². The van der Waals surface area contributed by atoms with E-state index in [2.05, 4.69) is 5.32 Å². The van der Waals surface area contributed by atoms with Crippen LogP contribution < -0.4 is 5.32 Å². The first-order valence-electron chi connectivity index (χ1n) is 3.88. The first-order valence-corrected chi connectivity index (χ1v) is 4.64. The molecular weight excluding hydrogens is 225 g/mol. The Morgan fingerprint density at radius 3 is 2.57 bits per heavy atom. The van der Waals surface area contributed by atoms with E-state index in [4.69, 9.17) is 23.2 Å². The lowest BCUT2D eigenvalue weighted by Gasteiger charge is -2.10. The first kappa shape index (κ1) is 11.1. The molecule has 0 spiro atoms. The number of carbonyl (C=O) groups is 1. The summed E-state index contributed by atoms with van der Waals surface area (Å²) < 4.78 is 0. The third-order valence-corrected chi connectivity index (χ3v) is 2.50. The Morgan fingerprint density at radius 1 is 1.50 bits per heavy atom. The van der Waals surface area contributed by atoms with E-state index < -0.39 is 0 Å². The Hall–Kier alpha value is -0.930. The maximum absolute atomic E-state index is 10.8. The maximum atomic E-state index is 10.8. The molecule has 0 aliphatic heterocycles. The second-order valence-electron chi connectivity index (χ2n) is 2.87. The molecule has 76 valence electrons. The van der Waals surface area contributed by atoms with Gasteiger partial charge in [-0.25, -0.2) is 0 Å². The predicted molar refractivity (Wildman–Crippen MR) is 57.2 cm³/mol. The monoisotopic (exact) mass is 233 g/mol. The zero-order chi connectivity index (χ0) is 10.9. The Labute approximate surface area is 91.6 Å². The molecule has 0 fully saturated rings. The number of benzene rings is 1. The van der Waals surface area contributed by atoms with Gasteiger partial charge in [0.15, 0.2) is 0 Å². The van der Waals surface area contributed by atoms with Crippen LogP contribution in [0.15, 0.2) is 6.07 Å². The number of phenols is 1. The standard InChI is InChI=1S/C9H9Cl2NO2/c1-4-8(11)7(12-5(2)13)3-6(10)9(4)14/h3,14H,1-2H3,(H,12,13). The van der Waals surface area contributed by atoms with E-state index in [0.717, 1.165) is 0 Å². The van der Waals surface area contributed by atoms with Crippen LogP contribution in [0.2, 0.25) is 10.0 Å². The molecule has 1 rings (SSSR count).